The van der Waals surface area contributed by atoms with Crippen LogP contribution in [0, 0.1) is 0 Å². The van der Waals surface area contributed by atoms with Gasteiger partial charge in [0.15, 0.2) is 0 Å². The second-order valence-corrected chi connectivity index (χ2v) is 11.6. The molecule has 0 aromatic heterocycles. The van der Waals surface area contributed by atoms with E-state index in [1.54, 1.807) is 16.3 Å². The second-order valence-electron chi connectivity index (χ2n) is 9.04. The minimum atomic E-state index is -0.0984. The Kier molecular flexibility index (Phi) is 9.28. The van der Waals surface area contributed by atoms with E-state index in [2.05, 4.69) is 54.3 Å². The van der Waals surface area contributed by atoms with Crippen LogP contribution in [-0.4, -0.2) is 51.4 Å². The lowest BCUT2D eigenvalue weighted by molar-refractivity contribution is -0.434. The summed E-state index contributed by atoms with van der Waals surface area (Å²) in [5.41, 5.74) is 3.17. The Morgan fingerprint density at radius 3 is 2.74 bits per heavy atom. The molecule has 1 N–H and O–H groups in total. The highest BCUT2D eigenvalue weighted by Gasteiger charge is 2.39. The van der Waals surface area contributed by atoms with Crippen molar-refractivity contribution in [3.05, 3.63) is 64.6 Å². The maximum absolute atomic E-state index is 13.4. The van der Waals surface area contributed by atoms with Gasteiger partial charge in [-0.1, -0.05) is 80.4 Å². The first kappa shape index (κ1) is 25.1. The van der Waals surface area contributed by atoms with E-state index in [0.29, 0.717) is 11.4 Å². The van der Waals surface area contributed by atoms with Crippen LogP contribution in [0.3, 0.4) is 0 Å². The van der Waals surface area contributed by atoms with Crippen molar-refractivity contribution in [1.82, 2.24) is 5.32 Å². The van der Waals surface area contributed by atoms with E-state index in [-0.39, 0.29) is 23.6 Å². The second kappa shape index (κ2) is 12.6. The highest BCUT2D eigenvalue weighted by Crippen LogP contribution is 2.33. The van der Waals surface area contributed by atoms with Gasteiger partial charge in [-0.3, -0.25) is 4.79 Å². The Morgan fingerprint density at radius 2 is 1.97 bits per heavy atom. The lowest BCUT2D eigenvalue weighted by atomic mass is 10.0. The largest absolute Gasteiger partial charge is 0.426 e. The smallest absolute Gasteiger partial charge is 0.351 e. The highest BCUT2D eigenvalue weighted by molar-refractivity contribution is 8.05. The number of aryl methyl sites for hydroxylation is 1. The Balaban J connectivity index is 1.36. The molecule has 0 radical (unpaired) electrons. The molecule has 1 aliphatic heterocycles. The van der Waals surface area contributed by atoms with Gasteiger partial charge in [-0.15, -0.1) is 4.58 Å². The molecule has 4 nitrogen and oxygen atoms in total. The van der Waals surface area contributed by atoms with Crippen molar-refractivity contribution in [2.45, 2.75) is 62.4 Å². The molecule has 1 saturated carbocycles. The molecule has 34 heavy (non-hydrogen) atoms. The predicted molar refractivity (Wildman–Crippen MR) is 146 cm³/mol. The quantitative estimate of drug-likeness (QED) is 0.284. The third kappa shape index (κ3) is 6.76. The molecule has 0 bridgehead atoms. The zero-order valence-corrected chi connectivity index (χ0v) is 21.6. The Bertz CT molecular complexity index is 1000. The highest BCUT2D eigenvalue weighted by atomic mass is 32.2. The van der Waals surface area contributed by atoms with Crippen LogP contribution in [0.5, 0.6) is 0 Å². The van der Waals surface area contributed by atoms with Gasteiger partial charge in [-0.05, 0) is 48.6 Å². The molecule has 1 unspecified atom stereocenters. The Morgan fingerprint density at radius 1 is 1.18 bits per heavy atom. The number of rotatable bonds is 9. The van der Waals surface area contributed by atoms with E-state index in [9.17, 15) is 9.59 Å². The molecule has 1 heterocycles. The SMILES string of the molecule is CCc1ccc(/C=C2\SC3C=CC=CC3=[N+](CC(=O)NCCCSC3CCCCC3)C2=O)cc1. The molecule has 1 aromatic rings. The van der Waals surface area contributed by atoms with E-state index in [1.807, 2.05) is 24.3 Å². The molecule has 0 saturated heterocycles. The topological polar surface area (TPSA) is 49.2 Å². The number of nitrogens with one attached hydrogen (secondary N) is 1. The van der Waals surface area contributed by atoms with E-state index in [0.717, 1.165) is 35.1 Å². The molecular formula is C28H35N2O2S2+. The van der Waals surface area contributed by atoms with Crippen molar-refractivity contribution < 1.29 is 14.2 Å². The van der Waals surface area contributed by atoms with Gasteiger partial charge >= 0.3 is 5.91 Å². The van der Waals surface area contributed by atoms with E-state index < -0.39 is 0 Å². The summed E-state index contributed by atoms with van der Waals surface area (Å²) >= 11 is 3.61. The van der Waals surface area contributed by atoms with Crippen molar-refractivity contribution >= 4 is 47.1 Å². The normalized spacial score (nSPS) is 21.7. The fourth-order valence-electron chi connectivity index (χ4n) is 4.53. The average Bonchev–Trinajstić information content (AvgIpc) is 2.87. The molecular weight excluding hydrogens is 460 g/mol. The summed E-state index contributed by atoms with van der Waals surface area (Å²) in [5, 5.41) is 3.88. The van der Waals surface area contributed by atoms with Crippen LogP contribution in [0.1, 0.15) is 56.6 Å². The number of carbonyl (C=O) groups is 2. The molecule has 0 spiro atoms. The zero-order valence-electron chi connectivity index (χ0n) is 20.0. The van der Waals surface area contributed by atoms with Gasteiger partial charge in [0.1, 0.15) is 10.2 Å². The number of amides is 2. The molecule has 4 rings (SSSR count). The first-order valence-electron chi connectivity index (χ1n) is 12.5. The van der Waals surface area contributed by atoms with Gasteiger partial charge in [0, 0.05) is 17.9 Å². The van der Waals surface area contributed by atoms with Crippen LogP contribution in [0.4, 0.5) is 0 Å². The summed E-state index contributed by atoms with van der Waals surface area (Å²) < 4.78 is 1.65. The number of carbonyl (C=O) groups excluding carboxylic acids is 2. The van der Waals surface area contributed by atoms with Crippen molar-refractivity contribution in [1.29, 1.82) is 0 Å². The summed E-state index contributed by atoms with van der Waals surface area (Å²) in [7, 11) is 0. The van der Waals surface area contributed by atoms with Crippen LogP contribution in [-0.2, 0) is 16.0 Å². The number of nitrogens with zero attached hydrogens (tertiary/aromatic N) is 1. The molecule has 6 heteroatoms. The summed E-state index contributed by atoms with van der Waals surface area (Å²) in [4.78, 5) is 26.8. The summed E-state index contributed by atoms with van der Waals surface area (Å²) in [6, 6.07) is 8.31. The molecule has 1 atom stereocenters. The van der Waals surface area contributed by atoms with Crippen LogP contribution in [0.25, 0.3) is 6.08 Å². The van der Waals surface area contributed by atoms with Crippen LogP contribution in [0.15, 0.2) is 53.5 Å². The minimum Gasteiger partial charge on any atom is -0.351 e. The minimum absolute atomic E-state index is 0.0450. The predicted octanol–water partition coefficient (Wildman–Crippen LogP) is 5.38. The molecule has 1 fully saturated rings. The van der Waals surface area contributed by atoms with Gasteiger partial charge in [0.25, 0.3) is 5.91 Å². The fraction of sp³-hybridized carbons (Fsp3) is 0.464. The lowest BCUT2D eigenvalue weighted by Gasteiger charge is -2.21. The zero-order chi connectivity index (χ0) is 23.8. The molecule has 3 aliphatic rings. The van der Waals surface area contributed by atoms with Crippen LogP contribution < -0.4 is 5.32 Å². The maximum Gasteiger partial charge on any atom is 0.426 e. The van der Waals surface area contributed by atoms with Gasteiger partial charge in [-0.25, -0.2) is 4.79 Å². The van der Waals surface area contributed by atoms with E-state index >= 15 is 0 Å². The molecule has 1 aromatic carbocycles. The molecule has 180 valence electrons. The number of fused-ring (bicyclic) bond motifs is 1. The van der Waals surface area contributed by atoms with Gasteiger partial charge in [-0.2, -0.15) is 11.8 Å². The van der Waals surface area contributed by atoms with Gasteiger partial charge < -0.3 is 5.32 Å². The molecule has 2 amide bonds. The average molecular weight is 496 g/mol. The number of benzene rings is 1. The lowest BCUT2D eigenvalue weighted by Crippen LogP contribution is -2.43. The Hall–Kier alpha value is -2.05. The van der Waals surface area contributed by atoms with Crippen molar-refractivity contribution in [3.8, 4) is 0 Å². The van der Waals surface area contributed by atoms with E-state index in [4.69, 9.17) is 0 Å². The number of hydrogen-bond acceptors (Lipinski definition) is 4. The van der Waals surface area contributed by atoms with Crippen LogP contribution >= 0.6 is 23.5 Å². The molecule has 2 aliphatic carbocycles. The maximum atomic E-state index is 13.4. The van der Waals surface area contributed by atoms with Gasteiger partial charge in [0.2, 0.25) is 12.3 Å². The summed E-state index contributed by atoms with van der Waals surface area (Å²) in [5.74, 6) is 0.892. The Labute approximate surface area is 212 Å². The standard InChI is InChI=1S/C28H34N2O2S2/c1-2-21-13-15-22(16-14-21)19-26-28(32)30(24-11-6-7-12-25(24)34-26)20-27(31)29-17-8-18-33-23-9-4-3-5-10-23/h6-7,11-16,19,23,25H,2-5,8-10,17-18,20H2,1H3/p+1/b26-19-. The monoisotopic (exact) mass is 495 g/mol. The van der Waals surface area contributed by atoms with Gasteiger partial charge in [0.05, 0.1) is 0 Å². The van der Waals surface area contributed by atoms with Crippen molar-refractivity contribution in [3.63, 3.8) is 0 Å². The van der Waals surface area contributed by atoms with E-state index in [1.165, 1.54) is 37.7 Å². The first-order chi connectivity index (χ1) is 16.6. The third-order valence-electron chi connectivity index (χ3n) is 6.51. The third-order valence-corrected chi connectivity index (χ3v) is 9.18. The van der Waals surface area contributed by atoms with Crippen molar-refractivity contribution in [2.24, 2.45) is 0 Å². The number of allylic oxidation sites excluding steroid dienone is 3. The fourth-order valence-corrected chi connectivity index (χ4v) is 7.03. The summed E-state index contributed by atoms with van der Waals surface area (Å²) in [6.07, 6.45) is 18.7. The first-order valence-corrected chi connectivity index (χ1v) is 14.5. The summed E-state index contributed by atoms with van der Waals surface area (Å²) in [6.45, 7) is 2.86. The van der Waals surface area contributed by atoms with Crippen LogP contribution in [0.2, 0.25) is 0 Å². The van der Waals surface area contributed by atoms with Crippen molar-refractivity contribution in [2.75, 3.05) is 18.8 Å². The number of thioether (sulfide) groups is 2. The number of hydrogen-bond donors (Lipinski definition) is 1.